The lowest BCUT2D eigenvalue weighted by Gasteiger charge is -2.38. The van der Waals surface area contributed by atoms with Crippen LogP contribution in [0.1, 0.15) is 81.6 Å². The van der Waals surface area contributed by atoms with E-state index in [1.54, 1.807) is 39.8 Å². The third-order valence-electron chi connectivity index (χ3n) is 10.2. The molecule has 5 bridgehead atoms. The molecule has 1 aliphatic carbocycles. The molecule has 1 unspecified atom stereocenters. The van der Waals surface area contributed by atoms with Gasteiger partial charge in [0.05, 0.1) is 47.2 Å². The molecular weight excluding hydrogens is 662 g/mol. The van der Waals surface area contributed by atoms with Gasteiger partial charge < -0.3 is 50.4 Å². The Morgan fingerprint density at radius 3 is 2.27 bits per heavy atom. The van der Waals surface area contributed by atoms with E-state index in [9.17, 15) is 34.8 Å². The highest BCUT2D eigenvalue weighted by Crippen LogP contribution is 2.50. The van der Waals surface area contributed by atoms with E-state index >= 15 is 0 Å². The lowest BCUT2D eigenvalue weighted by molar-refractivity contribution is -0.160. The second kappa shape index (κ2) is 15.0. The van der Waals surface area contributed by atoms with Gasteiger partial charge in [-0.25, -0.2) is 0 Å². The number of aromatic hydroxyl groups is 1. The number of rotatable bonds is 2. The Kier molecular flexibility index (Phi) is 11.6. The van der Waals surface area contributed by atoms with E-state index in [-0.39, 0.29) is 45.0 Å². The lowest BCUT2D eigenvalue weighted by Crippen LogP contribution is -2.46. The number of nitrogens with one attached hydrogen (secondary N) is 2. The number of phenolic OH excluding ortho intramolecular Hbond substituents is 1. The van der Waals surface area contributed by atoms with Crippen LogP contribution in [0.4, 0.5) is 0 Å². The van der Waals surface area contributed by atoms with Gasteiger partial charge in [-0.3, -0.25) is 19.8 Å². The summed E-state index contributed by atoms with van der Waals surface area (Å²) in [6.45, 7) is 12.5. The Hall–Kier alpha value is -4.50. The molecule has 10 atom stereocenters. The van der Waals surface area contributed by atoms with Crippen molar-refractivity contribution in [2.45, 2.75) is 91.7 Å². The second-order valence-electron chi connectivity index (χ2n) is 13.8. The van der Waals surface area contributed by atoms with Crippen molar-refractivity contribution in [3.8, 4) is 11.5 Å². The zero-order valence-corrected chi connectivity index (χ0v) is 30.3. The average Bonchev–Trinajstić information content (AvgIpc) is 3.35. The number of carbonyl (C=O) groups excluding carboxylic acids is 3. The number of aliphatic hydroxyl groups is 3. The highest BCUT2D eigenvalue weighted by Gasteiger charge is 2.52. The molecule has 8 N–H and O–H groups in total. The lowest BCUT2D eigenvalue weighted by atomic mass is 9.78. The maximum absolute atomic E-state index is 14.0. The number of methoxy groups -OCH3 is 1. The normalized spacial score (nSPS) is 35.6. The summed E-state index contributed by atoms with van der Waals surface area (Å²) in [5.41, 5.74) is 5.05. The standard InChI is InChI=1S/C37H49N3O11/c1-15-11-10-12-16(2)36(47)40-28-27(39)26(38)23-24(32(28)45)31(44)20(6)34-25(23)35(46)37(8,51-34)49-14-13-22(48-9)17(3)33(50-21(7)41)19(5)30(43)18(4)29(15)42/h10-15,17-19,22,29-30,32-33,38,42-45H,39H2,1-9H3,(H,40,47)/b11-10+,14-13+,16-12-,38-26?/t15-,17+,18+,19+,22-,29-,30+,32?,33+,37+/m0/s1. The number of ketones is 1. The SMILES string of the molecule is CO[C@H]1/C=C/O[C@]2(C)Oc3c(C)c(O)c4c(c3C2=O)C(=N)C(N)=C(NC(=O)/C(C)=C\C=C\[C@H](C)[C@H](O)[C@@H](C)[C@@H](O)[C@@H](C)[C@H](OC(C)=O)[C@@H]1C)C4O. The Morgan fingerprint density at radius 1 is 1.02 bits per heavy atom. The molecule has 0 saturated heterocycles. The molecule has 4 aliphatic rings. The van der Waals surface area contributed by atoms with Crippen molar-refractivity contribution >= 4 is 23.4 Å². The van der Waals surface area contributed by atoms with Crippen LogP contribution in [0.3, 0.4) is 0 Å². The molecule has 0 saturated carbocycles. The molecule has 3 heterocycles. The summed E-state index contributed by atoms with van der Waals surface area (Å²) < 4.78 is 23.3. The molecule has 278 valence electrons. The molecule has 1 aromatic rings. The first-order valence-corrected chi connectivity index (χ1v) is 16.8. The summed E-state index contributed by atoms with van der Waals surface area (Å²) in [5.74, 6) is -6.91. The topological polar surface area (TPSA) is 231 Å². The summed E-state index contributed by atoms with van der Waals surface area (Å²) in [5, 5.41) is 56.8. The van der Waals surface area contributed by atoms with E-state index in [1.165, 1.54) is 53.2 Å². The minimum absolute atomic E-state index is 0.0691. The fraction of sp³-hybridized carbons (Fsp3) is 0.514. The van der Waals surface area contributed by atoms with Crippen LogP contribution in [-0.4, -0.2) is 81.1 Å². The molecule has 0 radical (unpaired) electrons. The van der Waals surface area contributed by atoms with E-state index in [2.05, 4.69) is 5.32 Å². The number of benzene rings is 1. The van der Waals surface area contributed by atoms with Crippen molar-refractivity contribution in [2.24, 2.45) is 29.4 Å². The number of amides is 1. The van der Waals surface area contributed by atoms with Crippen molar-refractivity contribution in [3.63, 3.8) is 0 Å². The highest BCUT2D eigenvalue weighted by atomic mass is 16.7. The summed E-state index contributed by atoms with van der Waals surface area (Å²) in [4.78, 5) is 39.5. The van der Waals surface area contributed by atoms with Gasteiger partial charge >= 0.3 is 11.8 Å². The van der Waals surface area contributed by atoms with Crippen LogP contribution in [0.2, 0.25) is 0 Å². The zero-order chi connectivity index (χ0) is 38.3. The van der Waals surface area contributed by atoms with Crippen LogP contribution in [0, 0.1) is 36.0 Å². The van der Waals surface area contributed by atoms with E-state index in [1.807, 2.05) is 0 Å². The predicted octanol–water partition coefficient (Wildman–Crippen LogP) is 2.95. The Bertz CT molecular complexity index is 1730. The smallest absolute Gasteiger partial charge is 0.312 e. The second-order valence-corrected chi connectivity index (χ2v) is 13.8. The molecule has 14 nitrogen and oxygen atoms in total. The van der Waals surface area contributed by atoms with Gasteiger partial charge in [-0.15, -0.1) is 0 Å². The minimum atomic E-state index is -1.99. The monoisotopic (exact) mass is 711 g/mol. The number of phenols is 1. The van der Waals surface area contributed by atoms with Gasteiger partial charge in [0, 0.05) is 66.9 Å². The number of hydrogen-bond donors (Lipinski definition) is 7. The van der Waals surface area contributed by atoms with E-state index in [0.29, 0.717) is 0 Å². The average molecular weight is 712 g/mol. The van der Waals surface area contributed by atoms with Gasteiger partial charge in [-0.05, 0) is 19.9 Å². The highest BCUT2D eigenvalue weighted by molar-refractivity contribution is 6.22. The Balaban J connectivity index is 1.86. The maximum atomic E-state index is 14.0. The van der Waals surface area contributed by atoms with Gasteiger partial charge in [-0.1, -0.05) is 45.9 Å². The zero-order valence-electron chi connectivity index (χ0n) is 30.3. The molecular formula is C37H49N3O11. The van der Waals surface area contributed by atoms with Gasteiger partial charge in [-0.2, -0.15) is 0 Å². The van der Waals surface area contributed by atoms with Crippen molar-refractivity contribution < 1.29 is 53.8 Å². The molecule has 51 heavy (non-hydrogen) atoms. The first kappa shape index (κ1) is 39.3. The van der Waals surface area contributed by atoms with E-state index in [0.717, 1.165) is 0 Å². The van der Waals surface area contributed by atoms with Gasteiger partial charge in [0.2, 0.25) is 0 Å². The van der Waals surface area contributed by atoms with Gasteiger partial charge in [0.1, 0.15) is 23.7 Å². The maximum Gasteiger partial charge on any atom is 0.312 e. The number of ether oxygens (including phenoxy) is 4. The van der Waals surface area contributed by atoms with E-state index in [4.69, 9.17) is 30.1 Å². The molecule has 0 fully saturated rings. The van der Waals surface area contributed by atoms with Gasteiger partial charge in [0.15, 0.2) is 0 Å². The van der Waals surface area contributed by atoms with Crippen LogP contribution in [0.25, 0.3) is 0 Å². The van der Waals surface area contributed by atoms with Gasteiger partial charge in [0.25, 0.3) is 11.7 Å². The molecule has 5 rings (SSSR count). The number of nitrogens with two attached hydrogens (primary N) is 1. The Labute approximate surface area is 297 Å². The summed E-state index contributed by atoms with van der Waals surface area (Å²) in [7, 11) is 1.43. The van der Waals surface area contributed by atoms with Crippen LogP contribution < -0.4 is 15.8 Å². The largest absolute Gasteiger partial charge is 0.507 e. The number of esters is 1. The fourth-order valence-electron chi connectivity index (χ4n) is 6.90. The molecule has 14 heteroatoms. The third kappa shape index (κ3) is 7.18. The number of aliphatic hydroxyl groups excluding tert-OH is 3. The summed E-state index contributed by atoms with van der Waals surface area (Å²) >= 11 is 0. The number of carbonyl (C=O) groups is 3. The van der Waals surface area contributed by atoms with Crippen LogP contribution in [-0.2, 0) is 23.8 Å². The molecule has 1 amide bonds. The van der Waals surface area contributed by atoms with E-state index < -0.39 is 89.1 Å². The summed E-state index contributed by atoms with van der Waals surface area (Å²) in [6, 6.07) is 0. The van der Waals surface area contributed by atoms with Crippen molar-refractivity contribution in [3.05, 3.63) is 69.8 Å². The van der Waals surface area contributed by atoms with Crippen molar-refractivity contribution in [1.29, 1.82) is 5.41 Å². The van der Waals surface area contributed by atoms with Crippen LogP contribution in [0.15, 0.2) is 47.5 Å². The quantitative estimate of drug-likeness (QED) is 0.220. The van der Waals surface area contributed by atoms with Crippen LogP contribution >= 0.6 is 0 Å². The number of Topliss-reactive ketones (excluding diaryl/α,β-unsaturated/α-hetero) is 1. The molecule has 0 spiro atoms. The number of hydrogen-bond acceptors (Lipinski definition) is 13. The molecule has 1 aromatic carbocycles. The predicted molar refractivity (Wildman–Crippen MR) is 185 cm³/mol. The molecule has 0 aromatic heterocycles. The number of fused-ring (bicyclic) bond motifs is 14. The molecule has 3 aliphatic heterocycles. The number of allylic oxidation sites excluding steroid dienone is 3. The first-order valence-electron chi connectivity index (χ1n) is 16.8. The van der Waals surface area contributed by atoms with Crippen LogP contribution in [0.5, 0.6) is 11.5 Å². The fourth-order valence-corrected chi connectivity index (χ4v) is 6.90. The third-order valence-corrected chi connectivity index (χ3v) is 10.2. The van der Waals surface area contributed by atoms with Crippen molar-refractivity contribution in [2.75, 3.05) is 7.11 Å². The Morgan fingerprint density at radius 2 is 1.67 bits per heavy atom. The summed E-state index contributed by atoms with van der Waals surface area (Å²) in [6.07, 6.45) is 1.86. The van der Waals surface area contributed by atoms with Crippen molar-refractivity contribution in [1.82, 2.24) is 5.32 Å². The minimum Gasteiger partial charge on any atom is -0.507 e. The first-order chi connectivity index (χ1) is 23.8.